The molecule has 0 saturated carbocycles. The maximum atomic E-state index is 12.3. The van der Waals surface area contributed by atoms with Gasteiger partial charge in [0.25, 0.3) is 11.1 Å². The van der Waals surface area contributed by atoms with Crippen LogP contribution in [0.2, 0.25) is 0 Å². The van der Waals surface area contributed by atoms with Crippen molar-refractivity contribution in [2.24, 2.45) is 0 Å². The van der Waals surface area contributed by atoms with Crippen molar-refractivity contribution in [3.8, 4) is 0 Å². The maximum absolute atomic E-state index is 12.3. The molecule has 1 aromatic carbocycles. The molecule has 8 heteroatoms. The van der Waals surface area contributed by atoms with E-state index in [2.05, 4.69) is 10.6 Å². The first-order chi connectivity index (χ1) is 13.1. The smallest absolute Gasteiger partial charge is 0.290 e. The summed E-state index contributed by atoms with van der Waals surface area (Å²) in [7, 11) is 0. The molecule has 2 N–H and O–H groups in total. The predicted octanol–water partition coefficient (Wildman–Crippen LogP) is 2.26. The Hall–Kier alpha value is -2.58. The first-order valence-electron chi connectivity index (χ1n) is 8.81. The van der Waals surface area contributed by atoms with Crippen LogP contribution in [0.15, 0.2) is 35.4 Å². The van der Waals surface area contributed by atoms with E-state index in [-0.39, 0.29) is 23.8 Å². The van der Waals surface area contributed by atoms with E-state index in [1.54, 1.807) is 6.08 Å². The highest BCUT2D eigenvalue weighted by Crippen LogP contribution is 2.29. The van der Waals surface area contributed by atoms with Crippen LogP contribution in [0.4, 0.5) is 4.79 Å². The second kappa shape index (κ2) is 7.58. The molecule has 0 bridgehead atoms. The van der Waals surface area contributed by atoms with Crippen molar-refractivity contribution in [1.82, 2.24) is 15.2 Å². The number of carbonyl (C=O) groups is 3. The number of hydrogen-bond acceptors (Lipinski definition) is 5. The molecule has 3 amide bonds. The van der Waals surface area contributed by atoms with E-state index in [9.17, 15) is 14.4 Å². The standard InChI is InChI=1S/C19H19N3O4S/c23-17(20-9-13-4-3-7-26-13)11-22-10-12(14-5-1-2-6-15(14)22)8-16-18(24)21-19(25)27-16/h1-2,5-6,8,10,13H,3-4,7,9,11H2,(H,20,23)(H,21,24,25)/b16-8-/t13-/m1/s1. The minimum Gasteiger partial charge on any atom is -0.376 e. The fourth-order valence-electron chi connectivity index (χ4n) is 3.33. The van der Waals surface area contributed by atoms with Crippen molar-refractivity contribution in [3.63, 3.8) is 0 Å². The van der Waals surface area contributed by atoms with Crippen molar-refractivity contribution in [3.05, 3.63) is 40.9 Å². The number of amides is 3. The molecule has 0 radical (unpaired) electrons. The zero-order valence-corrected chi connectivity index (χ0v) is 15.4. The number of hydrogen-bond donors (Lipinski definition) is 2. The summed E-state index contributed by atoms with van der Waals surface area (Å²) >= 11 is 0.882. The number of ether oxygens (including phenoxy) is 1. The van der Waals surface area contributed by atoms with Crippen LogP contribution in [0.5, 0.6) is 0 Å². The number of para-hydroxylation sites is 1. The Labute approximate surface area is 160 Å². The Balaban J connectivity index is 1.54. The van der Waals surface area contributed by atoms with Gasteiger partial charge in [-0.25, -0.2) is 0 Å². The van der Waals surface area contributed by atoms with Crippen LogP contribution in [-0.4, -0.2) is 40.9 Å². The second-order valence-electron chi connectivity index (χ2n) is 6.52. The Bertz CT molecular complexity index is 944. The first kappa shape index (κ1) is 17.8. The molecule has 1 aromatic heterocycles. The summed E-state index contributed by atoms with van der Waals surface area (Å²) in [6.45, 7) is 1.46. The van der Waals surface area contributed by atoms with E-state index < -0.39 is 5.91 Å². The highest BCUT2D eigenvalue weighted by atomic mass is 32.2. The van der Waals surface area contributed by atoms with Gasteiger partial charge in [0, 0.05) is 35.8 Å². The van der Waals surface area contributed by atoms with Crippen molar-refractivity contribution in [2.75, 3.05) is 13.2 Å². The van der Waals surface area contributed by atoms with Crippen LogP contribution in [0.3, 0.4) is 0 Å². The summed E-state index contributed by atoms with van der Waals surface area (Å²) in [5.74, 6) is -0.482. The lowest BCUT2D eigenvalue weighted by Gasteiger charge is -2.11. The van der Waals surface area contributed by atoms with Crippen molar-refractivity contribution in [1.29, 1.82) is 0 Å². The van der Waals surface area contributed by atoms with Crippen molar-refractivity contribution in [2.45, 2.75) is 25.5 Å². The summed E-state index contributed by atoms with van der Waals surface area (Å²) in [4.78, 5) is 35.9. The maximum Gasteiger partial charge on any atom is 0.290 e. The van der Waals surface area contributed by atoms with Gasteiger partial charge in [0.15, 0.2) is 0 Å². The summed E-state index contributed by atoms with van der Waals surface area (Å²) in [6, 6.07) is 7.67. The molecule has 2 aliphatic rings. The van der Waals surface area contributed by atoms with Gasteiger partial charge in [-0.3, -0.25) is 19.7 Å². The van der Waals surface area contributed by atoms with Crippen LogP contribution >= 0.6 is 11.8 Å². The van der Waals surface area contributed by atoms with Crippen LogP contribution in [0, 0.1) is 0 Å². The normalized spacial score (nSPS) is 21.2. The molecule has 2 aliphatic heterocycles. The number of benzene rings is 1. The molecule has 0 unspecified atom stereocenters. The largest absolute Gasteiger partial charge is 0.376 e. The average molecular weight is 385 g/mol. The molecule has 7 nitrogen and oxygen atoms in total. The Morgan fingerprint density at radius 1 is 1.37 bits per heavy atom. The third kappa shape index (κ3) is 3.91. The molecule has 2 fully saturated rings. The monoisotopic (exact) mass is 385 g/mol. The van der Waals surface area contributed by atoms with Gasteiger partial charge in [-0.15, -0.1) is 0 Å². The molecule has 3 heterocycles. The van der Waals surface area contributed by atoms with Gasteiger partial charge in [-0.2, -0.15) is 0 Å². The third-order valence-electron chi connectivity index (χ3n) is 4.61. The lowest BCUT2D eigenvalue weighted by atomic mass is 10.1. The number of imide groups is 1. The van der Waals surface area contributed by atoms with E-state index in [0.29, 0.717) is 11.4 Å². The van der Waals surface area contributed by atoms with Crippen LogP contribution in [0.1, 0.15) is 18.4 Å². The lowest BCUT2D eigenvalue weighted by molar-refractivity contribution is -0.122. The quantitative estimate of drug-likeness (QED) is 0.771. The number of thioether (sulfide) groups is 1. The highest BCUT2D eigenvalue weighted by molar-refractivity contribution is 8.18. The van der Waals surface area contributed by atoms with Gasteiger partial charge < -0.3 is 14.6 Å². The number of carbonyl (C=O) groups excluding carboxylic acids is 3. The SMILES string of the molecule is O=C(Cn1cc(/C=C2\SC(=O)NC2=O)c2ccccc21)NC[C@H]1CCCO1. The number of rotatable bonds is 5. The number of nitrogens with one attached hydrogen (secondary N) is 2. The average Bonchev–Trinajstić information content (AvgIpc) is 3.35. The number of aromatic nitrogens is 1. The summed E-state index contributed by atoms with van der Waals surface area (Å²) in [6.07, 6.45) is 5.64. The predicted molar refractivity (Wildman–Crippen MR) is 103 cm³/mol. The van der Waals surface area contributed by atoms with Crippen molar-refractivity contribution < 1.29 is 19.1 Å². The molecule has 0 aliphatic carbocycles. The van der Waals surface area contributed by atoms with Gasteiger partial charge in [0.1, 0.15) is 6.54 Å². The van der Waals surface area contributed by atoms with Gasteiger partial charge in [0.05, 0.1) is 11.0 Å². The van der Waals surface area contributed by atoms with Crippen LogP contribution in [0.25, 0.3) is 17.0 Å². The lowest BCUT2D eigenvalue weighted by Crippen LogP contribution is -2.34. The van der Waals surface area contributed by atoms with E-state index in [1.807, 2.05) is 35.0 Å². The molecule has 2 aromatic rings. The Kier molecular flexibility index (Phi) is 5.00. The van der Waals surface area contributed by atoms with Crippen LogP contribution < -0.4 is 10.6 Å². The third-order valence-corrected chi connectivity index (χ3v) is 5.42. The molecular weight excluding hydrogens is 366 g/mol. The van der Waals surface area contributed by atoms with Gasteiger partial charge in [-0.05, 0) is 36.7 Å². The van der Waals surface area contributed by atoms with Crippen LogP contribution in [-0.2, 0) is 20.9 Å². The summed E-state index contributed by atoms with van der Waals surface area (Å²) in [5.41, 5.74) is 1.69. The van der Waals surface area contributed by atoms with Gasteiger partial charge in [-0.1, -0.05) is 18.2 Å². The fourth-order valence-corrected chi connectivity index (χ4v) is 4.00. The summed E-state index contributed by atoms with van der Waals surface area (Å²) < 4.78 is 7.38. The second-order valence-corrected chi connectivity index (χ2v) is 7.54. The molecule has 27 heavy (non-hydrogen) atoms. The topological polar surface area (TPSA) is 89.4 Å². The molecule has 2 saturated heterocycles. The highest BCUT2D eigenvalue weighted by Gasteiger charge is 2.25. The molecule has 140 valence electrons. The molecule has 0 spiro atoms. The molecule has 1 atom stereocenters. The number of fused-ring (bicyclic) bond motifs is 1. The minimum atomic E-state index is -0.392. The first-order valence-corrected chi connectivity index (χ1v) is 9.63. The zero-order valence-electron chi connectivity index (χ0n) is 14.6. The van der Waals surface area contributed by atoms with E-state index >= 15 is 0 Å². The molecular formula is C19H19N3O4S. The van der Waals surface area contributed by atoms with Gasteiger partial charge >= 0.3 is 0 Å². The summed E-state index contributed by atoms with van der Waals surface area (Å²) in [5, 5.41) is 5.72. The van der Waals surface area contributed by atoms with Crippen molar-refractivity contribution >= 4 is 45.8 Å². The van der Waals surface area contributed by atoms with E-state index in [1.165, 1.54) is 0 Å². The molecule has 4 rings (SSSR count). The number of nitrogens with zero attached hydrogens (tertiary/aromatic N) is 1. The minimum absolute atomic E-state index is 0.0892. The van der Waals surface area contributed by atoms with Gasteiger partial charge in [0.2, 0.25) is 5.91 Å². The van der Waals surface area contributed by atoms with E-state index in [0.717, 1.165) is 47.7 Å². The Morgan fingerprint density at radius 2 is 2.22 bits per heavy atom. The Morgan fingerprint density at radius 3 is 2.96 bits per heavy atom. The zero-order chi connectivity index (χ0) is 18.8. The fraction of sp³-hybridized carbons (Fsp3) is 0.316. The van der Waals surface area contributed by atoms with E-state index in [4.69, 9.17) is 4.74 Å².